The molecule has 8 aromatic rings. The van der Waals surface area contributed by atoms with Gasteiger partial charge in [-0.05, 0) is 94.1 Å². The average molecular weight is 667 g/mol. The van der Waals surface area contributed by atoms with E-state index < -0.39 is 0 Å². The predicted molar refractivity (Wildman–Crippen MR) is 217 cm³/mol. The maximum atomic E-state index is 9.40. The Labute approximate surface area is 303 Å². The number of nitrogens with one attached hydrogen (secondary N) is 2. The fraction of sp³-hybridized carbons (Fsp3) is 0. The lowest BCUT2D eigenvalue weighted by Gasteiger charge is -2.14. The standard InChI is InChI=1S/C48H34N4/c49-33-34-20-24-41(25-21-34)52-47-19-11-10-18-42(47)43-26-22-39(32-48(43)52)38-23-27-46(44(30-38)36-14-6-2-7-15-36)51-29-28-40(35-12-4-1-5-13-35)31-45(50)37-16-8-3-9-17-37/h1-32,50-51H/b29-28+,40-31+,50-45?. The first-order valence-electron chi connectivity index (χ1n) is 17.2. The molecule has 0 aliphatic rings. The van der Waals surface area contributed by atoms with Crippen LogP contribution in [0.5, 0.6) is 0 Å². The molecule has 0 aliphatic heterocycles. The van der Waals surface area contributed by atoms with E-state index in [9.17, 15) is 5.26 Å². The maximum absolute atomic E-state index is 9.40. The van der Waals surface area contributed by atoms with E-state index in [0.29, 0.717) is 11.3 Å². The van der Waals surface area contributed by atoms with Gasteiger partial charge in [0.15, 0.2) is 0 Å². The van der Waals surface area contributed by atoms with Crippen LogP contribution in [0.4, 0.5) is 5.69 Å². The second kappa shape index (κ2) is 14.3. The van der Waals surface area contributed by atoms with Gasteiger partial charge >= 0.3 is 0 Å². The highest BCUT2D eigenvalue weighted by molar-refractivity contribution is 6.11. The molecule has 1 aromatic heterocycles. The Kier molecular flexibility index (Phi) is 8.82. The van der Waals surface area contributed by atoms with E-state index in [2.05, 4.69) is 113 Å². The minimum atomic E-state index is 0.452. The van der Waals surface area contributed by atoms with Crippen molar-refractivity contribution in [1.29, 1.82) is 10.7 Å². The second-order valence-corrected chi connectivity index (χ2v) is 12.6. The fourth-order valence-electron chi connectivity index (χ4n) is 6.76. The summed E-state index contributed by atoms with van der Waals surface area (Å²) >= 11 is 0. The van der Waals surface area contributed by atoms with Gasteiger partial charge in [-0.2, -0.15) is 5.26 Å². The highest BCUT2D eigenvalue weighted by Gasteiger charge is 2.14. The van der Waals surface area contributed by atoms with Crippen molar-refractivity contribution in [3.8, 4) is 34.0 Å². The molecule has 4 heteroatoms. The molecule has 0 radical (unpaired) electrons. The third-order valence-corrected chi connectivity index (χ3v) is 9.36. The summed E-state index contributed by atoms with van der Waals surface area (Å²) in [7, 11) is 0. The number of allylic oxidation sites excluding steroid dienone is 3. The van der Waals surface area contributed by atoms with Gasteiger partial charge in [0.05, 0.1) is 28.4 Å². The zero-order valence-electron chi connectivity index (χ0n) is 28.4. The lowest BCUT2D eigenvalue weighted by atomic mass is 9.96. The normalized spacial score (nSPS) is 11.6. The quantitative estimate of drug-likeness (QED) is 0.119. The molecule has 0 atom stereocenters. The first-order chi connectivity index (χ1) is 25.7. The Bertz CT molecular complexity index is 2640. The molecule has 246 valence electrons. The van der Waals surface area contributed by atoms with Crippen LogP contribution in [0.25, 0.3) is 55.3 Å². The van der Waals surface area contributed by atoms with Gasteiger partial charge in [-0.15, -0.1) is 0 Å². The van der Waals surface area contributed by atoms with Gasteiger partial charge in [0.2, 0.25) is 0 Å². The number of para-hydroxylation sites is 1. The van der Waals surface area contributed by atoms with Crippen molar-refractivity contribution < 1.29 is 0 Å². The predicted octanol–water partition coefficient (Wildman–Crippen LogP) is 12.1. The van der Waals surface area contributed by atoms with Crippen LogP contribution >= 0.6 is 0 Å². The number of benzene rings is 7. The third-order valence-electron chi connectivity index (χ3n) is 9.36. The van der Waals surface area contributed by atoms with Crippen LogP contribution in [0, 0.1) is 16.7 Å². The molecular weight excluding hydrogens is 633 g/mol. The van der Waals surface area contributed by atoms with E-state index in [1.807, 2.05) is 97.2 Å². The summed E-state index contributed by atoms with van der Waals surface area (Å²) in [6.45, 7) is 0. The molecule has 0 amide bonds. The van der Waals surface area contributed by atoms with E-state index in [-0.39, 0.29) is 0 Å². The van der Waals surface area contributed by atoms with Gasteiger partial charge < -0.3 is 15.3 Å². The summed E-state index contributed by atoms with van der Waals surface area (Å²) in [6, 6.07) is 62.1. The van der Waals surface area contributed by atoms with E-state index in [4.69, 9.17) is 5.41 Å². The molecule has 4 nitrogen and oxygen atoms in total. The van der Waals surface area contributed by atoms with Crippen LogP contribution in [0.2, 0.25) is 0 Å². The van der Waals surface area contributed by atoms with Gasteiger partial charge in [-0.25, -0.2) is 0 Å². The van der Waals surface area contributed by atoms with Gasteiger partial charge in [0.1, 0.15) is 0 Å². The highest BCUT2D eigenvalue weighted by atomic mass is 15.0. The van der Waals surface area contributed by atoms with Crippen LogP contribution in [0.1, 0.15) is 16.7 Å². The SMILES string of the molecule is N#Cc1ccc(-n2c3ccccc3c3ccc(-c4ccc(N/C=C/C(=C\C(=N)c5ccccc5)c5ccccc5)c(-c5ccccc5)c4)cc32)cc1. The number of nitriles is 1. The molecule has 52 heavy (non-hydrogen) atoms. The summed E-state index contributed by atoms with van der Waals surface area (Å²) in [5.41, 5.74) is 12.6. The zero-order valence-corrected chi connectivity index (χ0v) is 28.4. The minimum absolute atomic E-state index is 0.452. The molecule has 0 spiro atoms. The van der Waals surface area contributed by atoms with Crippen molar-refractivity contribution in [2.75, 3.05) is 5.32 Å². The summed E-state index contributed by atoms with van der Waals surface area (Å²) < 4.78 is 2.28. The molecule has 8 rings (SSSR count). The van der Waals surface area contributed by atoms with E-state index in [1.54, 1.807) is 0 Å². The number of hydrogen-bond donors (Lipinski definition) is 2. The van der Waals surface area contributed by atoms with Crippen molar-refractivity contribution in [2.45, 2.75) is 0 Å². The van der Waals surface area contributed by atoms with Gasteiger partial charge in [-0.3, -0.25) is 0 Å². The molecule has 0 saturated heterocycles. The molecule has 7 aromatic carbocycles. The lowest BCUT2D eigenvalue weighted by molar-refractivity contribution is 1.18. The van der Waals surface area contributed by atoms with Gasteiger partial charge in [-0.1, -0.05) is 127 Å². The Morgan fingerprint density at radius 1 is 0.577 bits per heavy atom. The Morgan fingerprint density at radius 2 is 1.19 bits per heavy atom. The topological polar surface area (TPSA) is 64.6 Å². The van der Waals surface area contributed by atoms with Crippen LogP contribution in [0.3, 0.4) is 0 Å². The Morgan fingerprint density at radius 3 is 1.92 bits per heavy atom. The number of aromatic nitrogens is 1. The monoisotopic (exact) mass is 666 g/mol. The molecule has 0 unspecified atom stereocenters. The largest absolute Gasteiger partial charge is 0.361 e. The summed E-state index contributed by atoms with van der Waals surface area (Å²) in [5, 5.41) is 24.1. The van der Waals surface area contributed by atoms with E-state index in [1.165, 1.54) is 10.8 Å². The molecule has 2 N–H and O–H groups in total. The van der Waals surface area contributed by atoms with Gasteiger partial charge in [0.25, 0.3) is 0 Å². The lowest BCUT2D eigenvalue weighted by Crippen LogP contribution is -1.97. The molecule has 1 heterocycles. The first kappa shape index (κ1) is 32.0. The molecule has 0 bridgehead atoms. The van der Waals surface area contributed by atoms with Crippen molar-refractivity contribution >= 4 is 38.8 Å². The summed E-state index contributed by atoms with van der Waals surface area (Å²) in [4.78, 5) is 0. The van der Waals surface area contributed by atoms with Crippen molar-refractivity contribution in [1.82, 2.24) is 4.57 Å². The van der Waals surface area contributed by atoms with E-state index >= 15 is 0 Å². The smallest absolute Gasteiger partial charge is 0.0991 e. The molecule has 0 fully saturated rings. The van der Waals surface area contributed by atoms with Crippen molar-refractivity contribution in [3.05, 3.63) is 211 Å². The minimum Gasteiger partial charge on any atom is -0.361 e. The Hall–Kier alpha value is -7.22. The average Bonchev–Trinajstić information content (AvgIpc) is 3.55. The van der Waals surface area contributed by atoms with Gasteiger partial charge in [0, 0.05) is 33.9 Å². The summed E-state index contributed by atoms with van der Waals surface area (Å²) in [6.07, 6.45) is 5.91. The van der Waals surface area contributed by atoms with Crippen LogP contribution in [0.15, 0.2) is 194 Å². The second-order valence-electron chi connectivity index (χ2n) is 12.6. The van der Waals surface area contributed by atoms with Crippen LogP contribution in [-0.4, -0.2) is 10.3 Å². The highest BCUT2D eigenvalue weighted by Crippen LogP contribution is 2.37. The summed E-state index contributed by atoms with van der Waals surface area (Å²) in [5.74, 6) is 0. The maximum Gasteiger partial charge on any atom is 0.0991 e. The number of rotatable bonds is 9. The van der Waals surface area contributed by atoms with Crippen LogP contribution in [-0.2, 0) is 0 Å². The Balaban J connectivity index is 1.18. The number of nitrogens with zero attached hydrogens (tertiary/aromatic N) is 2. The molecular formula is C48H34N4. The van der Waals surface area contributed by atoms with Crippen molar-refractivity contribution in [2.24, 2.45) is 0 Å². The molecule has 0 aliphatic carbocycles. The number of fused-ring (bicyclic) bond motifs is 3. The molecule has 0 saturated carbocycles. The number of anilines is 1. The fourth-order valence-corrected chi connectivity index (χ4v) is 6.76. The zero-order chi connectivity index (χ0) is 35.3. The number of hydrogen-bond acceptors (Lipinski definition) is 3. The van der Waals surface area contributed by atoms with E-state index in [0.717, 1.165) is 61.4 Å². The third kappa shape index (κ3) is 6.43. The first-order valence-corrected chi connectivity index (χ1v) is 17.2. The van der Waals surface area contributed by atoms with Crippen LogP contribution < -0.4 is 5.32 Å². The van der Waals surface area contributed by atoms with Crippen molar-refractivity contribution in [3.63, 3.8) is 0 Å².